The van der Waals surface area contributed by atoms with Gasteiger partial charge in [0.1, 0.15) is 0 Å². The fourth-order valence-electron chi connectivity index (χ4n) is 4.81. The summed E-state index contributed by atoms with van der Waals surface area (Å²) >= 11 is 0. The van der Waals surface area contributed by atoms with Crippen LogP contribution >= 0.6 is 0 Å². The number of carbonyl (C=O) groups is 1. The normalized spacial score (nSPS) is 19.9. The predicted octanol–water partition coefficient (Wildman–Crippen LogP) is 4.12. The molecule has 1 aromatic carbocycles. The van der Waals surface area contributed by atoms with Crippen LogP contribution in [0, 0.1) is 5.41 Å². The summed E-state index contributed by atoms with van der Waals surface area (Å²) in [5, 5.41) is 11.7. The van der Waals surface area contributed by atoms with Crippen LogP contribution in [-0.4, -0.2) is 52.4 Å². The molecule has 5 rings (SSSR count). The van der Waals surface area contributed by atoms with Gasteiger partial charge in [0, 0.05) is 55.4 Å². The van der Waals surface area contributed by atoms with Crippen LogP contribution in [0.3, 0.4) is 0 Å². The van der Waals surface area contributed by atoms with Gasteiger partial charge in [0.05, 0.1) is 5.92 Å². The molecule has 1 spiro atoms. The van der Waals surface area contributed by atoms with Gasteiger partial charge in [-0.1, -0.05) is 19.1 Å². The zero-order chi connectivity index (χ0) is 22.0. The molecular formula is C24H27N5O3. The molecule has 32 heavy (non-hydrogen) atoms. The number of amides is 2. The van der Waals surface area contributed by atoms with Gasteiger partial charge in [-0.25, -0.2) is 4.79 Å². The second-order valence-electron chi connectivity index (χ2n) is 8.57. The highest BCUT2D eigenvalue weighted by atomic mass is 16.5. The van der Waals surface area contributed by atoms with Crippen LogP contribution in [0.2, 0.25) is 0 Å². The summed E-state index contributed by atoms with van der Waals surface area (Å²) in [6.45, 7) is 4.64. The van der Waals surface area contributed by atoms with Gasteiger partial charge >= 0.3 is 6.03 Å². The van der Waals surface area contributed by atoms with Gasteiger partial charge < -0.3 is 19.4 Å². The number of aryl methyl sites for hydroxylation is 1. The Morgan fingerprint density at radius 3 is 2.78 bits per heavy atom. The van der Waals surface area contributed by atoms with Crippen molar-refractivity contribution in [1.29, 1.82) is 0 Å². The SMILES string of the molecule is CCc1cccc(NC(=O)N2CC(c3nnc(-c4ccncc4)o3)C3(CCOCC3)C2)c1. The highest BCUT2D eigenvalue weighted by Crippen LogP contribution is 2.49. The van der Waals surface area contributed by atoms with Gasteiger partial charge in [-0.15, -0.1) is 10.2 Å². The Bertz CT molecular complexity index is 1080. The summed E-state index contributed by atoms with van der Waals surface area (Å²) < 4.78 is 11.7. The van der Waals surface area contributed by atoms with Gasteiger partial charge in [0.2, 0.25) is 11.8 Å². The molecule has 1 unspecified atom stereocenters. The summed E-state index contributed by atoms with van der Waals surface area (Å²) in [4.78, 5) is 19.1. The molecule has 0 bridgehead atoms. The number of urea groups is 1. The van der Waals surface area contributed by atoms with Crippen molar-refractivity contribution in [1.82, 2.24) is 20.1 Å². The molecule has 4 heterocycles. The van der Waals surface area contributed by atoms with Gasteiger partial charge in [-0.3, -0.25) is 4.98 Å². The molecule has 166 valence electrons. The third-order valence-electron chi connectivity index (χ3n) is 6.68. The summed E-state index contributed by atoms with van der Waals surface area (Å²) in [5.74, 6) is 1.04. The quantitative estimate of drug-likeness (QED) is 0.665. The minimum absolute atomic E-state index is 0.0257. The third kappa shape index (κ3) is 3.98. The average molecular weight is 434 g/mol. The highest BCUT2D eigenvalue weighted by Gasteiger charge is 2.51. The smallest absolute Gasteiger partial charge is 0.321 e. The van der Waals surface area contributed by atoms with Crippen LogP contribution in [0.4, 0.5) is 10.5 Å². The zero-order valence-electron chi connectivity index (χ0n) is 18.2. The Morgan fingerprint density at radius 1 is 1.19 bits per heavy atom. The molecule has 8 heteroatoms. The van der Waals surface area contributed by atoms with E-state index >= 15 is 0 Å². The van der Waals surface area contributed by atoms with E-state index in [1.165, 1.54) is 5.56 Å². The Balaban J connectivity index is 1.38. The van der Waals surface area contributed by atoms with Crippen LogP contribution in [-0.2, 0) is 11.2 Å². The van der Waals surface area contributed by atoms with Crippen molar-refractivity contribution in [2.24, 2.45) is 5.41 Å². The molecule has 8 nitrogen and oxygen atoms in total. The second kappa shape index (κ2) is 8.70. The molecule has 3 aromatic rings. The van der Waals surface area contributed by atoms with E-state index in [0.29, 0.717) is 38.1 Å². The number of hydrogen-bond acceptors (Lipinski definition) is 6. The Hall–Kier alpha value is -3.26. The molecule has 0 saturated carbocycles. The fourth-order valence-corrected chi connectivity index (χ4v) is 4.81. The van der Waals surface area contributed by atoms with Gasteiger partial charge in [-0.05, 0) is 49.1 Å². The lowest BCUT2D eigenvalue weighted by Crippen LogP contribution is -2.38. The molecule has 2 saturated heterocycles. The number of pyridine rings is 1. The lowest BCUT2D eigenvalue weighted by Gasteiger charge is -2.36. The molecule has 0 radical (unpaired) electrons. The second-order valence-corrected chi connectivity index (χ2v) is 8.57. The number of anilines is 1. The summed E-state index contributed by atoms with van der Waals surface area (Å²) in [6, 6.07) is 11.6. The molecule has 2 aliphatic heterocycles. The van der Waals surface area contributed by atoms with Crippen LogP contribution in [0.25, 0.3) is 11.5 Å². The van der Waals surface area contributed by atoms with E-state index in [0.717, 1.165) is 30.5 Å². The van der Waals surface area contributed by atoms with E-state index in [1.807, 2.05) is 35.2 Å². The van der Waals surface area contributed by atoms with Crippen LogP contribution in [0.1, 0.15) is 37.1 Å². The highest BCUT2D eigenvalue weighted by molar-refractivity contribution is 5.89. The predicted molar refractivity (Wildman–Crippen MR) is 119 cm³/mol. The molecule has 2 amide bonds. The van der Waals surface area contributed by atoms with Crippen molar-refractivity contribution in [3.05, 3.63) is 60.2 Å². The number of nitrogens with one attached hydrogen (secondary N) is 1. The van der Waals surface area contributed by atoms with E-state index in [9.17, 15) is 4.79 Å². The van der Waals surface area contributed by atoms with E-state index in [4.69, 9.17) is 9.15 Å². The van der Waals surface area contributed by atoms with Crippen LogP contribution < -0.4 is 5.32 Å². The minimum atomic E-state index is -0.122. The van der Waals surface area contributed by atoms with Crippen molar-refractivity contribution in [3.63, 3.8) is 0 Å². The minimum Gasteiger partial charge on any atom is -0.420 e. The van der Waals surface area contributed by atoms with E-state index < -0.39 is 0 Å². The van der Waals surface area contributed by atoms with E-state index in [-0.39, 0.29) is 17.4 Å². The number of aromatic nitrogens is 3. The molecule has 2 aliphatic rings. The van der Waals surface area contributed by atoms with Crippen molar-refractivity contribution in [2.45, 2.75) is 32.1 Å². The first-order valence-corrected chi connectivity index (χ1v) is 11.1. The third-order valence-corrected chi connectivity index (χ3v) is 6.68. The maximum absolute atomic E-state index is 13.2. The Kier molecular flexibility index (Phi) is 5.61. The summed E-state index contributed by atoms with van der Waals surface area (Å²) in [6.07, 6.45) is 6.05. The van der Waals surface area contributed by atoms with Crippen molar-refractivity contribution >= 4 is 11.7 Å². The average Bonchev–Trinajstić information content (AvgIpc) is 3.46. The van der Waals surface area contributed by atoms with Gasteiger partial charge in [0.25, 0.3) is 0 Å². The summed E-state index contributed by atoms with van der Waals surface area (Å²) in [7, 11) is 0. The first kappa shape index (κ1) is 20.6. The number of nitrogens with zero attached hydrogens (tertiary/aromatic N) is 4. The lowest BCUT2D eigenvalue weighted by molar-refractivity contribution is 0.0104. The topological polar surface area (TPSA) is 93.4 Å². The number of likely N-dealkylation sites (tertiary alicyclic amines) is 1. The molecule has 2 fully saturated rings. The van der Waals surface area contributed by atoms with E-state index in [1.54, 1.807) is 12.4 Å². The summed E-state index contributed by atoms with van der Waals surface area (Å²) in [5.41, 5.74) is 2.72. The van der Waals surface area contributed by atoms with Gasteiger partial charge in [-0.2, -0.15) is 0 Å². The van der Waals surface area contributed by atoms with Crippen molar-refractivity contribution in [2.75, 3.05) is 31.6 Å². The standard InChI is InChI=1S/C24H27N5O3/c1-2-17-4-3-5-19(14-17)26-23(30)29-15-20(24(16-29)8-12-31-13-9-24)22-28-27-21(32-22)18-6-10-25-11-7-18/h3-7,10-11,14,20H,2,8-9,12-13,15-16H2,1H3,(H,26,30). The molecule has 0 aliphatic carbocycles. The maximum atomic E-state index is 13.2. The largest absolute Gasteiger partial charge is 0.420 e. The van der Waals surface area contributed by atoms with Gasteiger partial charge in [0.15, 0.2) is 0 Å². The van der Waals surface area contributed by atoms with Crippen LogP contribution in [0.5, 0.6) is 0 Å². The molecule has 1 atom stereocenters. The first-order chi connectivity index (χ1) is 15.7. The molecule has 1 N–H and O–H groups in total. The Labute approximate surface area is 187 Å². The van der Waals surface area contributed by atoms with E-state index in [2.05, 4.69) is 33.5 Å². The number of rotatable bonds is 4. The number of ether oxygens (including phenoxy) is 1. The first-order valence-electron chi connectivity index (χ1n) is 11.1. The fraction of sp³-hybridized carbons (Fsp3) is 0.417. The number of carbonyl (C=O) groups excluding carboxylic acids is 1. The van der Waals surface area contributed by atoms with Crippen LogP contribution in [0.15, 0.2) is 53.2 Å². The van der Waals surface area contributed by atoms with Crippen molar-refractivity contribution < 1.29 is 13.9 Å². The Morgan fingerprint density at radius 2 is 2.00 bits per heavy atom. The van der Waals surface area contributed by atoms with Crippen molar-refractivity contribution in [3.8, 4) is 11.5 Å². The maximum Gasteiger partial charge on any atom is 0.321 e. The lowest BCUT2D eigenvalue weighted by atomic mass is 9.72. The molecule has 2 aromatic heterocycles. The number of benzene rings is 1. The molecular weight excluding hydrogens is 406 g/mol. The zero-order valence-corrected chi connectivity index (χ0v) is 18.2. The monoisotopic (exact) mass is 433 g/mol. The number of hydrogen-bond donors (Lipinski definition) is 1.